The molecule has 0 atom stereocenters. The summed E-state index contributed by atoms with van der Waals surface area (Å²) >= 11 is 7.70. The maximum atomic E-state index is 11.5. The van der Waals surface area contributed by atoms with E-state index in [0.29, 0.717) is 22.3 Å². The van der Waals surface area contributed by atoms with E-state index in [4.69, 9.17) is 0 Å². The number of thiol groups is 2. The van der Waals surface area contributed by atoms with Crippen molar-refractivity contribution in [3.8, 4) is 11.1 Å². The van der Waals surface area contributed by atoms with Crippen LogP contribution in [0, 0.1) is 0 Å². The highest BCUT2D eigenvalue weighted by molar-refractivity contribution is 7.97. The van der Waals surface area contributed by atoms with Gasteiger partial charge in [-0.15, -0.1) is 25.3 Å². The van der Waals surface area contributed by atoms with Gasteiger partial charge in [0.1, 0.15) is 0 Å². The van der Waals surface area contributed by atoms with Crippen molar-refractivity contribution < 1.29 is 9.59 Å². The number of hydrogen-bond donors (Lipinski definition) is 2. The van der Waals surface area contributed by atoms with Crippen LogP contribution in [-0.2, 0) is 0 Å². The molecule has 2 aromatic rings. The summed E-state index contributed by atoms with van der Waals surface area (Å²) in [6.45, 7) is 0. The van der Waals surface area contributed by atoms with Crippen molar-refractivity contribution in [2.24, 2.45) is 0 Å². The molecule has 18 heavy (non-hydrogen) atoms. The van der Waals surface area contributed by atoms with Gasteiger partial charge >= 0.3 is 0 Å². The largest absolute Gasteiger partial charge is 0.282 e. The molecule has 0 unspecified atom stereocenters. The van der Waals surface area contributed by atoms with Crippen molar-refractivity contribution >= 4 is 35.5 Å². The van der Waals surface area contributed by atoms with E-state index in [1.807, 2.05) is 12.1 Å². The van der Waals surface area contributed by atoms with E-state index >= 15 is 0 Å². The number of carbonyl (C=O) groups excluding carboxylic acids is 2. The second kappa shape index (κ2) is 5.42. The summed E-state index contributed by atoms with van der Waals surface area (Å²) in [4.78, 5) is 23.0. The summed E-state index contributed by atoms with van der Waals surface area (Å²) in [6.07, 6.45) is 0. The molecule has 0 amide bonds. The Bertz CT molecular complexity index is 565. The highest BCUT2D eigenvalue weighted by Crippen LogP contribution is 2.28. The zero-order valence-corrected chi connectivity index (χ0v) is 11.1. The van der Waals surface area contributed by atoms with Gasteiger partial charge in [0, 0.05) is 11.1 Å². The molecule has 0 saturated carbocycles. The van der Waals surface area contributed by atoms with Crippen LogP contribution in [0.2, 0.25) is 0 Å². The predicted octanol–water partition coefficient (Wildman–Crippen LogP) is 3.49. The first-order chi connectivity index (χ1) is 8.61. The highest BCUT2D eigenvalue weighted by atomic mass is 32.1. The normalized spacial score (nSPS) is 10.1. The third-order valence-corrected chi connectivity index (χ3v) is 3.09. The van der Waals surface area contributed by atoms with Gasteiger partial charge in [0.2, 0.25) is 10.2 Å². The van der Waals surface area contributed by atoms with Gasteiger partial charge in [-0.25, -0.2) is 0 Å². The fourth-order valence-corrected chi connectivity index (χ4v) is 2.20. The Kier molecular flexibility index (Phi) is 3.89. The average molecular weight is 274 g/mol. The molecule has 2 aromatic carbocycles. The van der Waals surface area contributed by atoms with E-state index < -0.39 is 0 Å². The van der Waals surface area contributed by atoms with Crippen LogP contribution in [0.15, 0.2) is 48.5 Å². The monoisotopic (exact) mass is 274 g/mol. The molecule has 0 fully saturated rings. The topological polar surface area (TPSA) is 34.1 Å². The zero-order chi connectivity index (χ0) is 13.1. The minimum atomic E-state index is -0.327. The molecule has 0 saturated heterocycles. The van der Waals surface area contributed by atoms with Gasteiger partial charge in [0.15, 0.2) is 0 Å². The number of carbonyl (C=O) groups is 2. The number of hydrogen-bond acceptors (Lipinski definition) is 2. The van der Waals surface area contributed by atoms with Crippen LogP contribution in [0.25, 0.3) is 11.1 Å². The summed E-state index contributed by atoms with van der Waals surface area (Å²) < 4.78 is 0. The fourth-order valence-electron chi connectivity index (χ4n) is 1.81. The maximum Gasteiger partial charge on any atom is 0.216 e. The van der Waals surface area contributed by atoms with Crippen molar-refractivity contribution in [1.29, 1.82) is 0 Å². The molecule has 0 aliphatic carbocycles. The Hall–Kier alpha value is -1.52. The minimum Gasteiger partial charge on any atom is -0.282 e. The van der Waals surface area contributed by atoms with E-state index in [1.54, 1.807) is 36.4 Å². The van der Waals surface area contributed by atoms with Gasteiger partial charge in [-0.2, -0.15) is 0 Å². The van der Waals surface area contributed by atoms with Crippen molar-refractivity contribution in [3.05, 3.63) is 59.7 Å². The van der Waals surface area contributed by atoms with E-state index in [9.17, 15) is 9.59 Å². The lowest BCUT2D eigenvalue weighted by Gasteiger charge is -2.09. The molecule has 0 heterocycles. The Labute approximate surface area is 116 Å². The molecule has 0 aromatic heterocycles. The zero-order valence-electron chi connectivity index (χ0n) is 9.33. The first-order valence-corrected chi connectivity index (χ1v) is 6.15. The standard InChI is InChI=1S/C14H10O2S2/c15-13(17)11-7-3-1-5-9(11)10-6-2-4-8-12(10)14(16)18/h1-8H,(H,15,17)(H,16,18). The molecule has 0 aliphatic rings. The molecule has 0 spiro atoms. The lowest BCUT2D eigenvalue weighted by Crippen LogP contribution is -1.98. The van der Waals surface area contributed by atoms with Crippen LogP contribution in [0.5, 0.6) is 0 Å². The Morgan fingerprint density at radius 3 is 1.33 bits per heavy atom. The first-order valence-electron chi connectivity index (χ1n) is 5.26. The molecule has 0 radical (unpaired) electrons. The Morgan fingerprint density at radius 1 is 0.667 bits per heavy atom. The van der Waals surface area contributed by atoms with Crippen molar-refractivity contribution in [2.45, 2.75) is 0 Å². The second-order valence-electron chi connectivity index (χ2n) is 3.70. The maximum absolute atomic E-state index is 11.5. The molecule has 90 valence electrons. The molecule has 2 nitrogen and oxygen atoms in total. The lowest BCUT2D eigenvalue weighted by molar-refractivity contribution is 0.108. The van der Waals surface area contributed by atoms with Crippen LogP contribution in [0.4, 0.5) is 0 Å². The molecule has 4 heteroatoms. The van der Waals surface area contributed by atoms with Gasteiger partial charge in [0.05, 0.1) is 0 Å². The van der Waals surface area contributed by atoms with Crippen LogP contribution in [0.1, 0.15) is 20.7 Å². The summed E-state index contributed by atoms with van der Waals surface area (Å²) in [7, 11) is 0. The van der Waals surface area contributed by atoms with Gasteiger partial charge in [0.25, 0.3) is 0 Å². The van der Waals surface area contributed by atoms with E-state index in [1.165, 1.54) is 0 Å². The summed E-state index contributed by atoms with van der Waals surface area (Å²) in [6, 6.07) is 14.1. The highest BCUT2D eigenvalue weighted by Gasteiger charge is 2.14. The fraction of sp³-hybridized carbons (Fsp3) is 0. The number of benzene rings is 2. The van der Waals surface area contributed by atoms with Crippen LogP contribution >= 0.6 is 25.3 Å². The lowest BCUT2D eigenvalue weighted by atomic mass is 9.96. The first kappa shape index (κ1) is 12.9. The van der Waals surface area contributed by atoms with Gasteiger partial charge < -0.3 is 0 Å². The molecule has 0 aliphatic heterocycles. The molecular weight excluding hydrogens is 264 g/mol. The van der Waals surface area contributed by atoms with Crippen molar-refractivity contribution in [1.82, 2.24) is 0 Å². The van der Waals surface area contributed by atoms with Crippen molar-refractivity contribution in [2.75, 3.05) is 0 Å². The smallest absolute Gasteiger partial charge is 0.216 e. The third-order valence-electron chi connectivity index (χ3n) is 2.61. The van der Waals surface area contributed by atoms with Gasteiger partial charge in [-0.3, -0.25) is 9.59 Å². The second-order valence-corrected chi connectivity index (χ2v) is 4.51. The van der Waals surface area contributed by atoms with Gasteiger partial charge in [-0.05, 0) is 23.3 Å². The van der Waals surface area contributed by atoms with Crippen molar-refractivity contribution in [3.63, 3.8) is 0 Å². The average Bonchev–Trinajstić information content (AvgIpc) is 2.38. The van der Waals surface area contributed by atoms with E-state index in [0.717, 1.165) is 0 Å². The molecule has 2 rings (SSSR count). The van der Waals surface area contributed by atoms with Crippen LogP contribution in [-0.4, -0.2) is 10.2 Å². The number of rotatable bonds is 3. The third kappa shape index (κ3) is 2.49. The molecule has 0 bridgehead atoms. The van der Waals surface area contributed by atoms with Crippen LogP contribution in [0.3, 0.4) is 0 Å². The van der Waals surface area contributed by atoms with E-state index in [2.05, 4.69) is 25.3 Å². The summed E-state index contributed by atoms with van der Waals surface area (Å²) in [5, 5.41) is -0.654. The molecule has 0 N–H and O–H groups in total. The van der Waals surface area contributed by atoms with Crippen LogP contribution < -0.4 is 0 Å². The SMILES string of the molecule is O=C(S)c1ccccc1-c1ccccc1C(=O)S. The quantitative estimate of drug-likeness (QED) is 0.840. The minimum absolute atomic E-state index is 0.327. The Balaban J connectivity index is 2.70. The van der Waals surface area contributed by atoms with Gasteiger partial charge in [-0.1, -0.05) is 36.4 Å². The van der Waals surface area contributed by atoms with E-state index in [-0.39, 0.29) is 10.2 Å². The Morgan fingerprint density at radius 2 is 1.00 bits per heavy atom. The summed E-state index contributed by atoms with van der Waals surface area (Å²) in [5.74, 6) is 0. The summed E-state index contributed by atoms with van der Waals surface area (Å²) in [5.41, 5.74) is 2.33. The predicted molar refractivity (Wildman–Crippen MR) is 78.5 cm³/mol. The molecular formula is C14H10O2S2.